The summed E-state index contributed by atoms with van der Waals surface area (Å²) in [6, 6.07) is 21.7. The van der Waals surface area contributed by atoms with Gasteiger partial charge in [0, 0.05) is 15.0 Å². The molecule has 0 fully saturated rings. The van der Waals surface area contributed by atoms with E-state index in [4.69, 9.17) is 0 Å². The van der Waals surface area contributed by atoms with E-state index in [1.807, 2.05) is 72.1 Å². The molecule has 24 heavy (non-hydrogen) atoms. The molecule has 2 aromatic carbocycles. The Kier molecular flexibility index (Phi) is 5.67. The third kappa shape index (κ3) is 4.46. The second-order valence-corrected chi connectivity index (χ2v) is 7.18. The predicted octanol–water partition coefficient (Wildman–Crippen LogP) is 4.83. The first-order chi connectivity index (χ1) is 11.7. The van der Waals surface area contributed by atoms with Gasteiger partial charge in [-0.1, -0.05) is 52.3 Å². The van der Waals surface area contributed by atoms with E-state index in [1.54, 1.807) is 11.3 Å². The third-order valence-corrected chi connectivity index (χ3v) is 5.03. The van der Waals surface area contributed by atoms with Gasteiger partial charge in [-0.3, -0.25) is 4.79 Å². The van der Waals surface area contributed by atoms with Crippen molar-refractivity contribution >= 4 is 38.9 Å². The lowest BCUT2D eigenvalue weighted by Gasteiger charge is -2.18. The quantitative estimate of drug-likeness (QED) is 0.621. The lowest BCUT2D eigenvalue weighted by molar-refractivity contribution is -0.119. The number of hydrogen-bond donors (Lipinski definition) is 2. The molecule has 0 unspecified atom stereocenters. The Labute approximate surface area is 153 Å². The lowest BCUT2D eigenvalue weighted by atomic mass is 10.1. The predicted molar refractivity (Wildman–Crippen MR) is 103 cm³/mol. The Hall–Kier alpha value is -2.11. The van der Waals surface area contributed by atoms with Crippen molar-refractivity contribution in [3.8, 4) is 0 Å². The van der Waals surface area contributed by atoms with Gasteiger partial charge in [-0.05, 0) is 41.3 Å². The zero-order valence-electron chi connectivity index (χ0n) is 12.9. The molecule has 1 atom stereocenters. The Balaban J connectivity index is 1.66. The summed E-state index contributed by atoms with van der Waals surface area (Å²) in [4.78, 5) is 13.5. The van der Waals surface area contributed by atoms with Crippen molar-refractivity contribution in [2.75, 3.05) is 11.9 Å². The van der Waals surface area contributed by atoms with E-state index in [0.717, 1.165) is 20.6 Å². The number of amides is 1. The summed E-state index contributed by atoms with van der Waals surface area (Å²) in [7, 11) is 0. The SMILES string of the molecule is O=C(CNc1ccc(Br)cc1)N[C@@H](c1ccccc1)c1cccs1. The van der Waals surface area contributed by atoms with Crippen LogP contribution < -0.4 is 10.6 Å². The molecule has 3 nitrogen and oxygen atoms in total. The minimum absolute atomic E-state index is 0.0415. The van der Waals surface area contributed by atoms with E-state index in [-0.39, 0.29) is 18.5 Å². The number of nitrogens with one attached hydrogen (secondary N) is 2. The monoisotopic (exact) mass is 400 g/mol. The van der Waals surface area contributed by atoms with Crippen molar-refractivity contribution in [1.82, 2.24) is 5.32 Å². The fraction of sp³-hybridized carbons (Fsp3) is 0.105. The summed E-state index contributed by atoms with van der Waals surface area (Å²) >= 11 is 5.04. The molecular formula is C19H17BrN2OS. The van der Waals surface area contributed by atoms with Gasteiger partial charge in [-0.25, -0.2) is 0 Å². The van der Waals surface area contributed by atoms with E-state index in [2.05, 4.69) is 26.6 Å². The van der Waals surface area contributed by atoms with E-state index in [9.17, 15) is 4.79 Å². The summed E-state index contributed by atoms with van der Waals surface area (Å²) < 4.78 is 1.01. The molecule has 0 aliphatic heterocycles. The topological polar surface area (TPSA) is 41.1 Å². The van der Waals surface area contributed by atoms with Crippen molar-refractivity contribution < 1.29 is 4.79 Å². The van der Waals surface area contributed by atoms with Crippen LogP contribution >= 0.6 is 27.3 Å². The largest absolute Gasteiger partial charge is 0.376 e. The molecule has 1 aromatic heterocycles. The average molecular weight is 401 g/mol. The summed E-state index contributed by atoms with van der Waals surface area (Å²) in [5.41, 5.74) is 2.00. The number of thiophene rings is 1. The van der Waals surface area contributed by atoms with E-state index >= 15 is 0 Å². The third-order valence-electron chi connectivity index (χ3n) is 3.56. The van der Waals surface area contributed by atoms with Crippen LogP contribution in [-0.4, -0.2) is 12.5 Å². The average Bonchev–Trinajstić information content (AvgIpc) is 3.14. The second-order valence-electron chi connectivity index (χ2n) is 5.29. The van der Waals surface area contributed by atoms with Crippen LogP contribution in [0.3, 0.4) is 0 Å². The van der Waals surface area contributed by atoms with Crippen LogP contribution in [-0.2, 0) is 4.79 Å². The number of halogens is 1. The highest BCUT2D eigenvalue weighted by molar-refractivity contribution is 9.10. The van der Waals surface area contributed by atoms with Crippen molar-refractivity contribution in [3.05, 3.63) is 87.0 Å². The first kappa shape index (κ1) is 16.7. The number of carbonyl (C=O) groups excluding carboxylic acids is 1. The molecule has 0 saturated heterocycles. The first-order valence-electron chi connectivity index (χ1n) is 7.59. The molecule has 0 saturated carbocycles. The Morgan fingerprint density at radius 3 is 2.42 bits per heavy atom. The van der Waals surface area contributed by atoms with E-state index in [1.165, 1.54) is 0 Å². The molecule has 0 spiro atoms. The molecule has 0 aliphatic carbocycles. The summed E-state index contributed by atoms with van der Waals surface area (Å²) in [6.07, 6.45) is 0. The minimum Gasteiger partial charge on any atom is -0.376 e. The van der Waals surface area contributed by atoms with E-state index in [0.29, 0.717) is 0 Å². The molecule has 3 rings (SSSR count). The van der Waals surface area contributed by atoms with Crippen LogP contribution in [0.1, 0.15) is 16.5 Å². The van der Waals surface area contributed by atoms with Crippen LogP contribution in [0.4, 0.5) is 5.69 Å². The summed E-state index contributed by atoms with van der Waals surface area (Å²) in [5.74, 6) is -0.0415. The number of hydrogen-bond acceptors (Lipinski definition) is 3. The normalized spacial score (nSPS) is 11.7. The highest BCUT2D eigenvalue weighted by atomic mass is 79.9. The van der Waals surface area contributed by atoms with Gasteiger partial charge in [0.1, 0.15) is 0 Å². The van der Waals surface area contributed by atoms with Gasteiger partial charge in [-0.2, -0.15) is 0 Å². The van der Waals surface area contributed by atoms with Crippen molar-refractivity contribution in [3.63, 3.8) is 0 Å². The number of carbonyl (C=O) groups is 1. The molecule has 122 valence electrons. The molecule has 2 N–H and O–H groups in total. The second kappa shape index (κ2) is 8.13. The molecule has 3 aromatic rings. The van der Waals surface area contributed by atoms with Crippen LogP contribution in [0.5, 0.6) is 0 Å². The Bertz CT molecular complexity index is 773. The van der Waals surface area contributed by atoms with Crippen molar-refractivity contribution in [1.29, 1.82) is 0 Å². The van der Waals surface area contributed by atoms with Crippen molar-refractivity contribution in [2.45, 2.75) is 6.04 Å². The maximum atomic E-state index is 12.4. The zero-order chi connectivity index (χ0) is 16.8. The van der Waals surface area contributed by atoms with Gasteiger partial charge >= 0.3 is 0 Å². The molecular weight excluding hydrogens is 384 g/mol. The first-order valence-corrected chi connectivity index (χ1v) is 9.27. The highest BCUT2D eigenvalue weighted by Crippen LogP contribution is 2.25. The summed E-state index contributed by atoms with van der Waals surface area (Å²) in [5, 5.41) is 8.29. The fourth-order valence-electron chi connectivity index (χ4n) is 2.38. The Morgan fingerprint density at radius 2 is 1.75 bits per heavy atom. The molecule has 1 amide bonds. The maximum Gasteiger partial charge on any atom is 0.240 e. The van der Waals surface area contributed by atoms with Crippen LogP contribution in [0.2, 0.25) is 0 Å². The number of benzene rings is 2. The van der Waals surface area contributed by atoms with Gasteiger partial charge in [0.2, 0.25) is 5.91 Å². The van der Waals surface area contributed by atoms with Crippen LogP contribution in [0.15, 0.2) is 76.6 Å². The van der Waals surface area contributed by atoms with Crippen LogP contribution in [0.25, 0.3) is 0 Å². The van der Waals surface area contributed by atoms with Gasteiger partial charge in [0.05, 0.1) is 12.6 Å². The number of anilines is 1. The molecule has 0 radical (unpaired) electrons. The fourth-order valence-corrected chi connectivity index (χ4v) is 3.45. The zero-order valence-corrected chi connectivity index (χ0v) is 15.3. The highest BCUT2D eigenvalue weighted by Gasteiger charge is 2.17. The minimum atomic E-state index is -0.120. The smallest absolute Gasteiger partial charge is 0.240 e. The number of rotatable bonds is 6. The van der Waals surface area contributed by atoms with Crippen LogP contribution in [0, 0.1) is 0 Å². The van der Waals surface area contributed by atoms with Gasteiger partial charge in [0.25, 0.3) is 0 Å². The summed E-state index contributed by atoms with van der Waals surface area (Å²) in [6.45, 7) is 0.232. The van der Waals surface area contributed by atoms with Gasteiger partial charge in [-0.15, -0.1) is 11.3 Å². The van der Waals surface area contributed by atoms with Gasteiger partial charge < -0.3 is 10.6 Å². The maximum absolute atomic E-state index is 12.4. The standard InChI is InChI=1S/C19H17BrN2OS/c20-15-8-10-16(11-9-15)21-13-18(23)22-19(17-7-4-12-24-17)14-5-2-1-3-6-14/h1-12,19,21H,13H2,(H,22,23)/t19-/m0/s1. The van der Waals surface area contributed by atoms with Gasteiger partial charge in [0.15, 0.2) is 0 Å². The van der Waals surface area contributed by atoms with E-state index < -0.39 is 0 Å². The molecule has 1 heterocycles. The molecule has 5 heteroatoms. The molecule has 0 aliphatic rings. The Morgan fingerprint density at radius 1 is 1.00 bits per heavy atom. The lowest BCUT2D eigenvalue weighted by Crippen LogP contribution is -2.33. The molecule has 0 bridgehead atoms. The van der Waals surface area contributed by atoms with Crippen molar-refractivity contribution in [2.24, 2.45) is 0 Å².